The van der Waals surface area contributed by atoms with Gasteiger partial charge in [-0.1, -0.05) is 22.4 Å². The number of hydrogen-bond acceptors (Lipinski definition) is 2. The summed E-state index contributed by atoms with van der Waals surface area (Å²) in [5.74, 6) is 0.471. The van der Waals surface area contributed by atoms with Crippen LogP contribution in [0.25, 0.3) is 0 Å². The number of amides is 1. The minimum absolute atomic E-state index is 0.0564. The first-order valence-electron chi connectivity index (χ1n) is 6.08. The number of anilines is 1. The lowest BCUT2D eigenvalue weighted by molar-refractivity contribution is -0.120. The molecule has 1 amide bonds. The lowest BCUT2D eigenvalue weighted by Crippen LogP contribution is -2.29. The van der Waals surface area contributed by atoms with E-state index < -0.39 is 0 Å². The number of nitrogens with one attached hydrogen (secondary N) is 1. The molecular weight excluding hydrogens is 360 g/mol. The highest BCUT2D eigenvalue weighted by Crippen LogP contribution is 2.33. The minimum Gasteiger partial charge on any atom is -0.330 e. The number of benzene rings is 1. The predicted octanol–water partition coefficient (Wildman–Crippen LogP) is 3.53. The highest BCUT2D eigenvalue weighted by Gasteiger charge is 2.32. The molecule has 0 spiro atoms. The molecule has 0 saturated heterocycles. The van der Waals surface area contributed by atoms with E-state index >= 15 is 0 Å². The van der Waals surface area contributed by atoms with Gasteiger partial charge in [0.05, 0.1) is 5.69 Å². The van der Waals surface area contributed by atoms with Crippen molar-refractivity contribution in [3.05, 3.63) is 27.1 Å². The van der Waals surface area contributed by atoms with E-state index in [-0.39, 0.29) is 11.8 Å². The van der Waals surface area contributed by atoms with E-state index in [1.165, 1.54) is 0 Å². The first-order valence-corrected chi connectivity index (χ1v) is 7.66. The smallest absolute Gasteiger partial charge is 0.227 e. The van der Waals surface area contributed by atoms with Crippen LogP contribution in [0, 0.1) is 11.8 Å². The van der Waals surface area contributed by atoms with Gasteiger partial charge in [-0.05, 0) is 59.4 Å². The largest absolute Gasteiger partial charge is 0.330 e. The maximum atomic E-state index is 12.2. The fourth-order valence-electron chi connectivity index (χ4n) is 2.48. The van der Waals surface area contributed by atoms with Crippen molar-refractivity contribution in [2.45, 2.75) is 19.3 Å². The van der Waals surface area contributed by atoms with Gasteiger partial charge in [0.25, 0.3) is 0 Å². The van der Waals surface area contributed by atoms with Crippen molar-refractivity contribution in [2.75, 3.05) is 11.9 Å². The van der Waals surface area contributed by atoms with E-state index in [2.05, 4.69) is 37.2 Å². The summed E-state index contributed by atoms with van der Waals surface area (Å²) in [6, 6.07) is 5.74. The number of nitrogens with two attached hydrogens (primary N) is 1. The van der Waals surface area contributed by atoms with Crippen molar-refractivity contribution < 1.29 is 4.79 Å². The van der Waals surface area contributed by atoms with Gasteiger partial charge >= 0.3 is 0 Å². The third-order valence-electron chi connectivity index (χ3n) is 3.48. The summed E-state index contributed by atoms with van der Waals surface area (Å²) in [7, 11) is 0. The van der Waals surface area contributed by atoms with Gasteiger partial charge < -0.3 is 11.1 Å². The van der Waals surface area contributed by atoms with Crippen LogP contribution in [0.5, 0.6) is 0 Å². The molecule has 3 nitrogen and oxygen atoms in total. The predicted molar refractivity (Wildman–Crippen MR) is 80.4 cm³/mol. The van der Waals surface area contributed by atoms with Crippen molar-refractivity contribution in [1.29, 1.82) is 0 Å². The Labute approximate surface area is 124 Å². The molecule has 0 bridgehead atoms. The topological polar surface area (TPSA) is 55.1 Å². The molecular formula is C13H16Br2N2O. The Morgan fingerprint density at radius 3 is 2.89 bits per heavy atom. The van der Waals surface area contributed by atoms with Gasteiger partial charge in [-0.25, -0.2) is 0 Å². The molecule has 1 saturated carbocycles. The molecule has 1 aromatic rings. The molecule has 2 unspecified atom stereocenters. The average molecular weight is 376 g/mol. The molecule has 0 aromatic heterocycles. The number of rotatable bonds is 3. The quantitative estimate of drug-likeness (QED) is 0.848. The molecule has 3 N–H and O–H groups in total. The second-order valence-electron chi connectivity index (χ2n) is 4.65. The molecule has 1 fully saturated rings. The van der Waals surface area contributed by atoms with Gasteiger partial charge in [0, 0.05) is 14.9 Å². The monoisotopic (exact) mass is 374 g/mol. The molecule has 1 aromatic carbocycles. The lowest BCUT2D eigenvalue weighted by atomic mass is 9.95. The number of carbonyl (C=O) groups is 1. The van der Waals surface area contributed by atoms with Gasteiger partial charge in [0.1, 0.15) is 0 Å². The molecule has 98 valence electrons. The Kier molecular flexibility index (Phi) is 4.81. The maximum Gasteiger partial charge on any atom is 0.227 e. The van der Waals surface area contributed by atoms with Crippen LogP contribution in [0.3, 0.4) is 0 Å². The Morgan fingerprint density at radius 2 is 2.17 bits per heavy atom. The summed E-state index contributed by atoms with van der Waals surface area (Å²) in [6.45, 7) is 0.595. The Bertz CT molecular complexity index is 451. The van der Waals surface area contributed by atoms with Gasteiger partial charge in [0.2, 0.25) is 5.91 Å². The Hall–Kier alpha value is -0.390. The van der Waals surface area contributed by atoms with E-state index in [0.717, 1.165) is 33.9 Å². The average Bonchev–Trinajstić information content (AvgIpc) is 2.82. The molecule has 0 radical (unpaired) electrons. The zero-order valence-corrected chi connectivity index (χ0v) is 13.1. The van der Waals surface area contributed by atoms with Crippen LogP contribution in [-0.4, -0.2) is 12.5 Å². The van der Waals surface area contributed by atoms with Crippen LogP contribution in [0.1, 0.15) is 19.3 Å². The summed E-state index contributed by atoms with van der Waals surface area (Å²) in [5, 5.41) is 2.99. The molecule has 1 aliphatic rings. The fourth-order valence-corrected chi connectivity index (χ4v) is 3.19. The van der Waals surface area contributed by atoms with Crippen LogP contribution >= 0.6 is 31.9 Å². The molecule has 0 heterocycles. The second-order valence-corrected chi connectivity index (χ2v) is 6.42. The van der Waals surface area contributed by atoms with Crippen molar-refractivity contribution >= 4 is 43.5 Å². The first kappa shape index (κ1) is 14.0. The van der Waals surface area contributed by atoms with Gasteiger partial charge in [-0.3, -0.25) is 4.79 Å². The normalized spacial score (nSPS) is 23.1. The zero-order chi connectivity index (χ0) is 13.1. The number of carbonyl (C=O) groups excluding carboxylic acids is 1. The lowest BCUT2D eigenvalue weighted by Gasteiger charge is -2.18. The van der Waals surface area contributed by atoms with Crippen LogP contribution in [0.4, 0.5) is 5.69 Å². The second kappa shape index (κ2) is 6.17. The van der Waals surface area contributed by atoms with Crippen molar-refractivity contribution in [3.8, 4) is 0 Å². The summed E-state index contributed by atoms with van der Waals surface area (Å²) >= 11 is 6.84. The van der Waals surface area contributed by atoms with Gasteiger partial charge in [0.15, 0.2) is 0 Å². The zero-order valence-electron chi connectivity index (χ0n) is 9.96. The van der Waals surface area contributed by atoms with E-state index in [4.69, 9.17) is 5.73 Å². The molecule has 18 heavy (non-hydrogen) atoms. The number of halogens is 2. The van der Waals surface area contributed by atoms with Crippen molar-refractivity contribution in [3.63, 3.8) is 0 Å². The third kappa shape index (κ3) is 3.13. The summed E-state index contributed by atoms with van der Waals surface area (Å²) in [4.78, 5) is 12.2. The molecule has 0 aliphatic heterocycles. The standard InChI is InChI=1S/C13H16Br2N2O/c14-9-4-5-11(15)12(6-9)17-13(18)10-3-1-2-8(10)7-16/h4-6,8,10H,1-3,7,16H2,(H,17,18). The van der Waals surface area contributed by atoms with Crippen LogP contribution in [0.2, 0.25) is 0 Å². The number of hydrogen-bond donors (Lipinski definition) is 2. The van der Waals surface area contributed by atoms with Gasteiger partial charge in [-0.2, -0.15) is 0 Å². The highest BCUT2D eigenvalue weighted by molar-refractivity contribution is 9.11. The SMILES string of the molecule is NCC1CCCC1C(=O)Nc1cc(Br)ccc1Br. The van der Waals surface area contributed by atoms with Crippen molar-refractivity contribution in [2.24, 2.45) is 17.6 Å². The Morgan fingerprint density at radius 1 is 1.39 bits per heavy atom. The molecule has 1 aliphatic carbocycles. The molecule has 5 heteroatoms. The van der Waals surface area contributed by atoms with Crippen LogP contribution in [-0.2, 0) is 4.79 Å². The van der Waals surface area contributed by atoms with Crippen molar-refractivity contribution in [1.82, 2.24) is 0 Å². The first-order chi connectivity index (χ1) is 8.61. The third-order valence-corrected chi connectivity index (χ3v) is 4.67. The van der Waals surface area contributed by atoms with Gasteiger partial charge in [-0.15, -0.1) is 0 Å². The Balaban J connectivity index is 2.09. The maximum absolute atomic E-state index is 12.2. The summed E-state index contributed by atoms with van der Waals surface area (Å²) in [6.07, 6.45) is 3.10. The summed E-state index contributed by atoms with van der Waals surface area (Å²) < 4.78 is 1.84. The van der Waals surface area contributed by atoms with Crippen LogP contribution < -0.4 is 11.1 Å². The molecule has 2 atom stereocenters. The molecule has 2 rings (SSSR count). The van der Waals surface area contributed by atoms with E-state index in [1.807, 2.05) is 18.2 Å². The summed E-state index contributed by atoms with van der Waals surface area (Å²) in [5.41, 5.74) is 6.52. The minimum atomic E-state index is 0.0564. The highest BCUT2D eigenvalue weighted by atomic mass is 79.9. The fraction of sp³-hybridized carbons (Fsp3) is 0.462. The van der Waals surface area contributed by atoms with E-state index in [9.17, 15) is 4.79 Å². The van der Waals surface area contributed by atoms with Crippen LogP contribution in [0.15, 0.2) is 27.1 Å². The van der Waals surface area contributed by atoms with E-state index in [1.54, 1.807) is 0 Å². The van der Waals surface area contributed by atoms with E-state index in [0.29, 0.717) is 12.5 Å².